The Bertz CT molecular complexity index is 961. The second-order valence-corrected chi connectivity index (χ2v) is 9.84. The molecule has 34 heavy (non-hydrogen) atoms. The van der Waals surface area contributed by atoms with E-state index in [1.807, 2.05) is 35.4 Å². The van der Waals surface area contributed by atoms with Crippen LogP contribution in [0.3, 0.4) is 0 Å². The van der Waals surface area contributed by atoms with Crippen molar-refractivity contribution >= 4 is 23.2 Å². The van der Waals surface area contributed by atoms with E-state index in [0.29, 0.717) is 24.2 Å². The Morgan fingerprint density at radius 3 is 2.41 bits per heavy atom. The molecule has 3 aliphatic heterocycles. The minimum absolute atomic E-state index is 0.00267. The minimum atomic E-state index is 0.00267. The minimum Gasteiger partial charge on any atom is -0.381 e. The van der Waals surface area contributed by atoms with Crippen LogP contribution in [-0.2, 0) is 14.3 Å². The maximum absolute atomic E-state index is 12.7. The fraction of sp³-hybridized carbons (Fsp3) is 0.519. The lowest BCUT2D eigenvalue weighted by Gasteiger charge is -2.39. The first kappa shape index (κ1) is 22.8. The second kappa shape index (κ2) is 10.6. The van der Waals surface area contributed by atoms with E-state index in [4.69, 9.17) is 4.74 Å². The van der Waals surface area contributed by atoms with Crippen LogP contribution in [0.2, 0.25) is 0 Å². The van der Waals surface area contributed by atoms with Gasteiger partial charge < -0.3 is 19.9 Å². The molecule has 1 aromatic heterocycles. The van der Waals surface area contributed by atoms with Crippen LogP contribution in [0, 0.1) is 11.8 Å². The third-order valence-corrected chi connectivity index (χ3v) is 7.56. The summed E-state index contributed by atoms with van der Waals surface area (Å²) in [6.45, 7) is 4.70. The average Bonchev–Trinajstić information content (AvgIpc) is 2.85. The van der Waals surface area contributed by atoms with Crippen LogP contribution in [0.15, 0.2) is 48.8 Å². The Labute approximate surface area is 201 Å². The van der Waals surface area contributed by atoms with Gasteiger partial charge in [0.15, 0.2) is 0 Å². The smallest absolute Gasteiger partial charge is 0.231 e. The predicted molar refractivity (Wildman–Crippen MR) is 132 cm³/mol. The molecular formula is C27H34N4O3. The highest BCUT2D eigenvalue weighted by atomic mass is 16.5. The van der Waals surface area contributed by atoms with E-state index in [0.717, 1.165) is 76.5 Å². The topological polar surface area (TPSA) is 74.8 Å². The van der Waals surface area contributed by atoms with E-state index >= 15 is 0 Å². The number of benzene rings is 1. The third-order valence-electron chi connectivity index (χ3n) is 7.56. The molecule has 0 saturated carbocycles. The first-order valence-electron chi connectivity index (χ1n) is 12.6. The lowest BCUT2D eigenvalue weighted by Crippen LogP contribution is -2.52. The molecule has 1 N–H and O–H groups in total. The summed E-state index contributed by atoms with van der Waals surface area (Å²) in [6.07, 6.45) is 8.27. The number of hydrogen-bond acceptors (Lipinski definition) is 5. The summed E-state index contributed by atoms with van der Waals surface area (Å²) in [6, 6.07) is 12.2. The van der Waals surface area contributed by atoms with Gasteiger partial charge in [-0.05, 0) is 67.3 Å². The summed E-state index contributed by atoms with van der Waals surface area (Å²) >= 11 is 0. The normalized spacial score (nSPS) is 20.1. The fourth-order valence-corrected chi connectivity index (χ4v) is 5.27. The molecule has 1 aromatic carbocycles. The van der Waals surface area contributed by atoms with Crippen molar-refractivity contribution in [3.05, 3.63) is 54.4 Å². The summed E-state index contributed by atoms with van der Waals surface area (Å²) in [4.78, 5) is 33.6. The van der Waals surface area contributed by atoms with Crippen LogP contribution in [0.25, 0.3) is 0 Å². The van der Waals surface area contributed by atoms with Crippen molar-refractivity contribution in [2.24, 2.45) is 11.8 Å². The van der Waals surface area contributed by atoms with Crippen molar-refractivity contribution in [2.75, 3.05) is 49.6 Å². The van der Waals surface area contributed by atoms with Crippen molar-refractivity contribution in [1.82, 2.24) is 9.88 Å². The van der Waals surface area contributed by atoms with Crippen molar-refractivity contribution in [1.29, 1.82) is 0 Å². The molecular weight excluding hydrogens is 428 g/mol. The van der Waals surface area contributed by atoms with Gasteiger partial charge in [-0.3, -0.25) is 14.6 Å². The zero-order chi connectivity index (χ0) is 23.3. The monoisotopic (exact) mass is 462 g/mol. The van der Waals surface area contributed by atoms with E-state index in [1.165, 1.54) is 5.56 Å². The van der Waals surface area contributed by atoms with E-state index in [9.17, 15) is 9.59 Å². The molecule has 3 aliphatic rings. The van der Waals surface area contributed by atoms with Crippen LogP contribution < -0.4 is 10.2 Å². The summed E-state index contributed by atoms with van der Waals surface area (Å²) < 4.78 is 5.41. The molecule has 7 nitrogen and oxygen atoms in total. The number of ether oxygens (including phenoxy) is 1. The highest BCUT2D eigenvalue weighted by Gasteiger charge is 2.33. The molecule has 0 aliphatic carbocycles. The van der Waals surface area contributed by atoms with Gasteiger partial charge in [-0.25, -0.2) is 0 Å². The average molecular weight is 463 g/mol. The van der Waals surface area contributed by atoms with E-state index < -0.39 is 0 Å². The van der Waals surface area contributed by atoms with Crippen LogP contribution in [0.4, 0.5) is 11.4 Å². The van der Waals surface area contributed by atoms with E-state index in [1.54, 1.807) is 6.20 Å². The number of amides is 2. The lowest BCUT2D eigenvalue weighted by atomic mass is 9.88. The Balaban J connectivity index is 1.06. The van der Waals surface area contributed by atoms with Gasteiger partial charge in [-0.15, -0.1) is 0 Å². The van der Waals surface area contributed by atoms with E-state index in [-0.39, 0.29) is 11.8 Å². The van der Waals surface area contributed by atoms with Crippen molar-refractivity contribution in [2.45, 2.75) is 38.0 Å². The van der Waals surface area contributed by atoms with Crippen LogP contribution in [0.1, 0.15) is 43.6 Å². The lowest BCUT2D eigenvalue weighted by molar-refractivity contribution is -0.134. The number of carbonyl (C=O) groups is 2. The molecule has 0 radical (unpaired) electrons. The Morgan fingerprint density at radius 1 is 1.00 bits per heavy atom. The van der Waals surface area contributed by atoms with Gasteiger partial charge in [0, 0.05) is 57.7 Å². The molecule has 0 unspecified atom stereocenters. The molecule has 4 heterocycles. The summed E-state index contributed by atoms with van der Waals surface area (Å²) in [7, 11) is 0. The van der Waals surface area contributed by atoms with Gasteiger partial charge in [0.1, 0.15) is 0 Å². The van der Waals surface area contributed by atoms with Crippen molar-refractivity contribution in [3.63, 3.8) is 0 Å². The van der Waals surface area contributed by atoms with Crippen LogP contribution >= 0.6 is 0 Å². The molecule has 180 valence electrons. The number of rotatable bonds is 6. The number of nitrogens with one attached hydrogen (secondary N) is 1. The van der Waals surface area contributed by atoms with Crippen molar-refractivity contribution in [3.8, 4) is 0 Å². The molecule has 5 rings (SSSR count). The molecule has 2 aromatic rings. The van der Waals surface area contributed by atoms with Crippen LogP contribution in [0.5, 0.6) is 0 Å². The largest absolute Gasteiger partial charge is 0.381 e. The molecule has 0 atom stereocenters. The molecule has 3 saturated heterocycles. The third kappa shape index (κ3) is 5.41. The van der Waals surface area contributed by atoms with Gasteiger partial charge >= 0.3 is 0 Å². The quantitative estimate of drug-likeness (QED) is 0.709. The SMILES string of the molecule is O=C(Nc1ccc(C2CCN(C(=O)CC3CCOCC3)CC2)cc1)C1CN(c2cccnc2)C1. The molecule has 3 fully saturated rings. The highest BCUT2D eigenvalue weighted by Crippen LogP contribution is 2.30. The zero-order valence-corrected chi connectivity index (χ0v) is 19.7. The molecule has 0 bridgehead atoms. The maximum atomic E-state index is 12.7. The van der Waals surface area contributed by atoms with Gasteiger partial charge in [-0.2, -0.15) is 0 Å². The van der Waals surface area contributed by atoms with Gasteiger partial charge in [-0.1, -0.05) is 12.1 Å². The first-order chi connectivity index (χ1) is 16.7. The Hall–Kier alpha value is -2.93. The number of carbonyl (C=O) groups excluding carboxylic acids is 2. The summed E-state index contributed by atoms with van der Waals surface area (Å²) in [5, 5.41) is 3.06. The Morgan fingerprint density at radius 2 is 1.74 bits per heavy atom. The number of nitrogens with zero attached hydrogens (tertiary/aromatic N) is 3. The van der Waals surface area contributed by atoms with Gasteiger partial charge in [0.25, 0.3) is 0 Å². The number of likely N-dealkylation sites (tertiary alicyclic amines) is 1. The highest BCUT2D eigenvalue weighted by molar-refractivity contribution is 5.94. The fourth-order valence-electron chi connectivity index (χ4n) is 5.27. The molecule has 2 amide bonds. The van der Waals surface area contributed by atoms with Crippen molar-refractivity contribution < 1.29 is 14.3 Å². The van der Waals surface area contributed by atoms with Gasteiger partial charge in [0.05, 0.1) is 17.8 Å². The van der Waals surface area contributed by atoms with E-state index in [2.05, 4.69) is 27.3 Å². The summed E-state index contributed by atoms with van der Waals surface area (Å²) in [5.74, 6) is 1.34. The number of hydrogen-bond donors (Lipinski definition) is 1. The number of piperidine rings is 1. The molecule has 7 heteroatoms. The Kier molecular flexibility index (Phi) is 7.09. The van der Waals surface area contributed by atoms with Gasteiger partial charge in [0.2, 0.25) is 11.8 Å². The second-order valence-electron chi connectivity index (χ2n) is 9.84. The predicted octanol–water partition coefficient (Wildman–Crippen LogP) is 3.68. The standard InChI is InChI=1S/C27H34N4O3/c32-26(16-20-9-14-34-15-10-20)30-12-7-22(8-13-30)21-3-5-24(6-4-21)29-27(33)23-18-31(19-23)25-2-1-11-28-17-25/h1-6,11,17,20,22-23H,7-10,12-16,18-19H2,(H,29,33). The zero-order valence-electron chi connectivity index (χ0n) is 19.7. The first-order valence-corrected chi connectivity index (χ1v) is 12.6. The summed E-state index contributed by atoms with van der Waals surface area (Å²) in [5.41, 5.74) is 3.20. The number of pyridine rings is 1. The van der Waals surface area contributed by atoms with Crippen LogP contribution in [-0.4, -0.2) is 61.1 Å². The maximum Gasteiger partial charge on any atom is 0.231 e. The number of anilines is 2. The number of aromatic nitrogens is 1. The molecule has 0 spiro atoms.